The van der Waals surface area contributed by atoms with Crippen molar-refractivity contribution in [2.75, 3.05) is 31.1 Å². The highest BCUT2D eigenvalue weighted by atomic mass is 16.5. The Bertz CT molecular complexity index is 1350. The number of piperidine rings is 1. The molecule has 3 aromatic rings. The average molecular weight is 538 g/mol. The first kappa shape index (κ1) is 27.7. The Balaban J connectivity index is 1.21. The molecule has 1 fully saturated rings. The van der Waals surface area contributed by atoms with Gasteiger partial charge in [-0.25, -0.2) is 0 Å². The standard InChI is InChI=1S/C34H39N3O3/c1-24-9-11-28(12-10-24)23-37-30-7-4-5-8-31(30)40-32(34(37)39)20-27-13-15-29(16-14-27)33(38)35-17-6-18-36-21-25(2)19-26(3)22-36/h4-5,7-16,20,25-26H,6,17-19,21-23H2,1-3H3,(H,35,38)/b32-20+/t25-,26-/m0/s1. The minimum atomic E-state index is -0.196. The smallest absolute Gasteiger partial charge is 0.294 e. The van der Waals surface area contributed by atoms with Crippen molar-refractivity contribution in [1.29, 1.82) is 0 Å². The summed E-state index contributed by atoms with van der Waals surface area (Å²) in [5.41, 5.74) is 4.37. The van der Waals surface area contributed by atoms with Gasteiger partial charge in [0, 0.05) is 25.2 Å². The third-order valence-electron chi connectivity index (χ3n) is 7.64. The fraction of sp³-hybridized carbons (Fsp3) is 0.353. The molecule has 1 N–H and O–H groups in total. The molecule has 5 rings (SSSR count). The number of nitrogens with one attached hydrogen (secondary N) is 1. The molecule has 6 heteroatoms. The van der Waals surface area contributed by atoms with E-state index in [1.165, 1.54) is 12.0 Å². The normalized spacial score (nSPS) is 20.2. The summed E-state index contributed by atoms with van der Waals surface area (Å²) in [7, 11) is 0. The fourth-order valence-electron chi connectivity index (χ4n) is 5.76. The van der Waals surface area contributed by atoms with Crippen molar-refractivity contribution in [3.63, 3.8) is 0 Å². The predicted molar refractivity (Wildman–Crippen MR) is 160 cm³/mol. The molecule has 3 aromatic carbocycles. The Kier molecular flexibility index (Phi) is 8.66. The van der Waals surface area contributed by atoms with E-state index in [1.807, 2.05) is 55.5 Å². The van der Waals surface area contributed by atoms with Crippen LogP contribution in [0, 0.1) is 18.8 Å². The van der Waals surface area contributed by atoms with Crippen LogP contribution in [0.5, 0.6) is 5.75 Å². The molecule has 0 aromatic heterocycles. The molecule has 208 valence electrons. The predicted octanol–water partition coefficient (Wildman–Crippen LogP) is 6.06. The van der Waals surface area contributed by atoms with Crippen molar-refractivity contribution < 1.29 is 14.3 Å². The number of carbonyl (C=O) groups excluding carboxylic acids is 2. The lowest BCUT2D eigenvalue weighted by Gasteiger charge is -2.34. The molecular formula is C34H39N3O3. The summed E-state index contributed by atoms with van der Waals surface area (Å²) in [5.74, 6) is 2.11. The average Bonchev–Trinajstić information content (AvgIpc) is 2.94. The summed E-state index contributed by atoms with van der Waals surface area (Å²) in [4.78, 5) is 30.5. The molecule has 0 spiro atoms. The molecule has 0 unspecified atom stereocenters. The molecule has 0 aliphatic carbocycles. The van der Waals surface area contributed by atoms with Gasteiger partial charge in [-0.2, -0.15) is 0 Å². The number of nitrogens with zero attached hydrogens (tertiary/aromatic N) is 2. The summed E-state index contributed by atoms with van der Waals surface area (Å²) in [6.07, 6.45) is 3.98. The lowest BCUT2D eigenvalue weighted by molar-refractivity contribution is -0.117. The van der Waals surface area contributed by atoms with Gasteiger partial charge in [0.15, 0.2) is 11.5 Å². The van der Waals surface area contributed by atoms with Crippen LogP contribution in [0.2, 0.25) is 0 Å². The van der Waals surface area contributed by atoms with Crippen LogP contribution in [0.4, 0.5) is 5.69 Å². The minimum absolute atomic E-state index is 0.0808. The maximum Gasteiger partial charge on any atom is 0.294 e. The molecule has 1 saturated heterocycles. The van der Waals surface area contributed by atoms with Gasteiger partial charge >= 0.3 is 0 Å². The van der Waals surface area contributed by atoms with Gasteiger partial charge < -0.3 is 15.0 Å². The highest BCUT2D eigenvalue weighted by molar-refractivity contribution is 6.09. The summed E-state index contributed by atoms with van der Waals surface area (Å²) in [6.45, 7) is 11.1. The Morgan fingerprint density at radius 2 is 1.68 bits per heavy atom. The quantitative estimate of drug-likeness (QED) is 0.280. The van der Waals surface area contributed by atoms with Crippen molar-refractivity contribution in [3.05, 3.63) is 101 Å². The van der Waals surface area contributed by atoms with Crippen molar-refractivity contribution in [2.45, 2.75) is 40.2 Å². The van der Waals surface area contributed by atoms with Crippen molar-refractivity contribution in [3.8, 4) is 5.75 Å². The number of rotatable bonds is 8. The summed E-state index contributed by atoms with van der Waals surface area (Å²) in [5, 5.41) is 3.05. The van der Waals surface area contributed by atoms with Crippen molar-refractivity contribution in [2.24, 2.45) is 11.8 Å². The van der Waals surface area contributed by atoms with Crippen molar-refractivity contribution in [1.82, 2.24) is 10.2 Å². The molecule has 2 atom stereocenters. The Labute approximate surface area is 237 Å². The zero-order chi connectivity index (χ0) is 28.1. The maximum absolute atomic E-state index is 13.5. The molecule has 2 aliphatic rings. The second-order valence-electron chi connectivity index (χ2n) is 11.4. The van der Waals surface area contributed by atoms with E-state index in [1.54, 1.807) is 23.1 Å². The number of anilines is 1. The van der Waals surface area contributed by atoms with Crippen LogP contribution < -0.4 is 15.0 Å². The van der Waals surface area contributed by atoms with Crippen LogP contribution in [0.25, 0.3) is 6.08 Å². The molecule has 0 saturated carbocycles. The van der Waals surface area contributed by atoms with E-state index >= 15 is 0 Å². The number of amides is 2. The fourth-order valence-corrected chi connectivity index (χ4v) is 5.76. The SMILES string of the molecule is Cc1ccc(CN2C(=O)/C(=C\c3ccc(C(=O)NCCCN4C[C@@H](C)C[C@H](C)C4)cc3)Oc3ccccc32)cc1. The van der Waals surface area contributed by atoms with Gasteiger partial charge in [0.05, 0.1) is 12.2 Å². The summed E-state index contributed by atoms with van der Waals surface area (Å²) < 4.78 is 6.03. The van der Waals surface area contributed by atoms with Gasteiger partial charge in [-0.05, 0) is 79.6 Å². The second kappa shape index (κ2) is 12.5. The molecule has 0 bridgehead atoms. The van der Waals surface area contributed by atoms with E-state index < -0.39 is 0 Å². The third-order valence-corrected chi connectivity index (χ3v) is 7.64. The van der Waals surface area contributed by atoms with Gasteiger partial charge in [-0.3, -0.25) is 14.5 Å². The second-order valence-corrected chi connectivity index (χ2v) is 11.4. The first-order valence-corrected chi connectivity index (χ1v) is 14.3. The van der Waals surface area contributed by atoms with Gasteiger partial charge in [0.25, 0.3) is 11.8 Å². The van der Waals surface area contributed by atoms with E-state index in [9.17, 15) is 9.59 Å². The Morgan fingerprint density at radius 3 is 2.40 bits per heavy atom. The summed E-state index contributed by atoms with van der Waals surface area (Å²) in [6, 6.07) is 23.1. The summed E-state index contributed by atoms with van der Waals surface area (Å²) >= 11 is 0. The Hall–Kier alpha value is -3.90. The van der Waals surface area contributed by atoms with Gasteiger partial charge in [0.2, 0.25) is 0 Å². The number of ether oxygens (including phenoxy) is 1. The van der Waals surface area contributed by atoms with Gasteiger partial charge in [-0.15, -0.1) is 0 Å². The number of carbonyl (C=O) groups is 2. The minimum Gasteiger partial charge on any atom is -0.449 e. The molecule has 2 aliphatic heterocycles. The highest BCUT2D eigenvalue weighted by Crippen LogP contribution is 2.36. The lowest BCUT2D eigenvalue weighted by Crippen LogP contribution is -2.40. The monoisotopic (exact) mass is 537 g/mol. The zero-order valence-corrected chi connectivity index (χ0v) is 23.7. The van der Waals surface area contributed by atoms with Gasteiger partial charge in [-0.1, -0.05) is 67.9 Å². The van der Waals surface area contributed by atoms with E-state index in [-0.39, 0.29) is 17.6 Å². The number of benzene rings is 3. The third kappa shape index (κ3) is 6.80. The number of likely N-dealkylation sites (tertiary alicyclic amines) is 1. The molecule has 2 heterocycles. The van der Waals surface area contributed by atoms with Crippen LogP contribution in [0.15, 0.2) is 78.6 Å². The van der Waals surface area contributed by atoms with Crippen LogP contribution in [0.3, 0.4) is 0 Å². The molecule has 40 heavy (non-hydrogen) atoms. The number of hydrogen-bond acceptors (Lipinski definition) is 4. The van der Waals surface area contributed by atoms with Gasteiger partial charge in [0.1, 0.15) is 0 Å². The van der Waals surface area contributed by atoms with Crippen LogP contribution in [-0.4, -0.2) is 42.9 Å². The highest BCUT2D eigenvalue weighted by Gasteiger charge is 2.30. The van der Waals surface area contributed by atoms with E-state index in [2.05, 4.69) is 36.2 Å². The molecule has 2 amide bonds. The lowest BCUT2D eigenvalue weighted by atomic mass is 9.92. The van der Waals surface area contributed by atoms with Crippen molar-refractivity contribution >= 4 is 23.6 Å². The van der Waals surface area contributed by atoms with E-state index in [0.29, 0.717) is 24.4 Å². The maximum atomic E-state index is 13.5. The van der Waals surface area contributed by atoms with E-state index in [0.717, 1.165) is 54.7 Å². The largest absolute Gasteiger partial charge is 0.449 e. The number of hydrogen-bond donors (Lipinski definition) is 1. The van der Waals surface area contributed by atoms with E-state index in [4.69, 9.17) is 4.74 Å². The topological polar surface area (TPSA) is 61.9 Å². The molecule has 6 nitrogen and oxygen atoms in total. The first-order valence-electron chi connectivity index (χ1n) is 14.3. The zero-order valence-electron chi connectivity index (χ0n) is 23.7. The molecule has 0 radical (unpaired) electrons. The number of para-hydroxylation sites is 2. The van der Waals surface area contributed by atoms with Crippen LogP contribution in [-0.2, 0) is 11.3 Å². The number of aryl methyl sites for hydroxylation is 1. The van der Waals surface area contributed by atoms with Crippen LogP contribution >= 0.6 is 0 Å². The number of fused-ring (bicyclic) bond motifs is 1. The first-order chi connectivity index (χ1) is 19.4. The Morgan fingerprint density at radius 1 is 0.975 bits per heavy atom. The van der Waals surface area contributed by atoms with Crippen LogP contribution in [0.1, 0.15) is 53.7 Å². The molecular weight excluding hydrogens is 498 g/mol.